The van der Waals surface area contributed by atoms with Crippen LogP contribution in [0.1, 0.15) is 94.2 Å². The molecule has 0 saturated carbocycles. The van der Waals surface area contributed by atoms with Crippen molar-refractivity contribution in [1.82, 2.24) is 0 Å². The first-order valence-corrected chi connectivity index (χ1v) is 34.4. The summed E-state index contributed by atoms with van der Waals surface area (Å²) in [5.41, 5.74) is 0.326. The number of halogens is 1. The highest BCUT2D eigenvalue weighted by molar-refractivity contribution is 7.58. The molecule has 14 heteroatoms. The van der Waals surface area contributed by atoms with Gasteiger partial charge >= 0.3 is 7.60 Å². The van der Waals surface area contributed by atoms with E-state index in [2.05, 4.69) is 135 Å². The summed E-state index contributed by atoms with van der Waals surface area (Å²) in [5.74, 6) is -0.218. The molecule has 1 fully saturated rings. The third-order valence-corrected chi connectivity index (χ3v) is 33.1. The molecule has 336 valence electrons. The Hall–Kier alpha value is -1.23. The molecule has 59 heavy (non-hydrogen) atoms. The molecule has 1 aliphatic heterocycles. The Morgan fingerprint density at radius 2 is 1.02 bits per heavy atom. The summed E-state index contributed by atoms with van der Waals surface area (Å²) < 4.78 is 81.5. The van der Waals surface area contributed by atoms with E-state index in [1.165, 1.54) is 0 Å². The summed E-state index contributed by atoms with van der Waals surface area (Å²) in [5, 5.41) is -0.728. The van der Waals surface area contributed by atoms with Crippen LogP contribution in [0, 0.1) is 0 Å². The van der Waals surface area contributed by atoms with Gasteiger partial charge in [0.25, 0.3) is 5.57 Å². The summed E-state index contributed by atoms with van der Waals surface area (Å²) >= 11 is 0. The summed E-state index contributed by atoms with van der Waals surface area (Å²) in [6.45, 7) is 43.5. The van der Waals surface area contributed by atoms with Crippen molar-refractivity contribution in [1.29, 1.82) is 0 Å². The van der Waals surface area contributed by atoms with Gasteiger partial charge in [0.2, 0.25) is 0 Å². The maximum absolute atomic E-state index is 18.1. The van der Waals surface area contributed by atoms with Crippen LogP contribution in [0.4, 0.5) is 4.39 Å². The second-order valence-electron chi connectivity index (χ2n) is 22.4. The van der Waals surface area contributed by atoms with Crippen molar-refractivity contribution in [3.05, 3.63) is 83.1 Å². The van der Waals surface area contributed by atoms with E-state index < -0.39 is 70.8 Å². The fourth-order valence-electron chi connectivity index (χ4n) is 5.33. The monoisotopic (exact) mass is 910 g/mol. The Morgan fingerprint density at radius 3 is 1.41 bits per heavy atom. The van der Waals surface area contributed by atoms with E-state index >= 15 is 8.96 Å². The third kappa shape index (κ3) is 13.2. The molecule has 1 saturated heterocycles. The first kappa shape index (κ1) is 52.1. The lowest BCUT2D eigenvalue weighted by Crippen LogP contribution is -2.57. The van der Waals surface area contributed by atoms with Gasteiger partial charge in [-0.15, -0.1) is 0 Å². The van der Waals surface area contributed by atoms with Crippen LogP contribution in [0.25, 0.3) is 0 Å². The van der Waals surface area contributed by atoms with Gasteiger partial charge in [-0.2, -0.15) is 4.39 Å². The van der Waals surface area contributed by atoms with Gasteiger partial charge in [-0.3, -0.25) is 13.6 Å². The largest absolute Gasteiger partial charge is 0.483 e. The second kappa shape index (κ2) is 18.9. The van der Waals surface area contributed by atoms with Crippen molar-refractivity contribution < 1.29 is 40.4 Å². The van der Waals surface area contributed by atoms with Gasteiger partial charge in [-0.1, -0.05) is 144 Å². The highest BCUT2D eigenvalue weighted by atomic mass is 31.2. The molecular weight excluding hydrogens is 831 g/mol. The lowest BCUT2D eigenvalue weighted by Gasteiger charge is -2.46. The van der Waals surface area contributed by atoms with E-state index in [4.69, 9.17) is 31.5 Å². The van der Waals surface area contributed by atoms with E-state index in [-0.39, 0.29) is 45.7 Å². The molecule has 2 aromatic rings. The highest BCUT2D eigenvalue weighted by Gasteiger charge is 2.58. The van der Waals surface area contributed by atoms with Gasteiger partial charge < -0.3 is 22.4 Å². The maximum Gasteiger partial charge on any atom is 0.393 e. The fraction of sp³-hybridized carbons (Fsp3) is 0.689. The molecule has 1 aliphatic rings. The zero-order valence-electron chi connectivity index (χ0n) is 40.3. The highest BCUT2D eigenvalue weighted by Crippen LogP contribution is 2.61. The quantitative estimate of drug-likeness (QED) is 0.115. The van der Waals surface area contributed by atoms with Gasteiger partial charge in [0.1, 0.15) is 18.3 Å². The van der Waals surface area contributed by atoms with Gasteiger partial charge in [0.05, 0.1) is 19.8 Å². The average Bonchev–Trinajstić information content (AvgIpc) is 3.42. The minimum absolute atomic E-state index is 0.0773. The number of ether oxygens (including phenoxy) is 1. The van der Waals surface area contributed by atoms with Crippen LogP contribution in [0.2, 0.25) is 72.5 Å². The lowest BCUT2D eigenvalue weighted by atomic mass is 10.1. The topological polar surface area (TPSA) is 81.7 Å². The normalized spacial score (nSPS) is 20.7. The van der Waals surface area contributed by atoms with Crippen molar-refractivity contribution in [3.63, 3.8) is 0 Å². The number of rotatable bonds is 17. The van der Waals surface area contributed by atoms with E-state index in [0.29, 0.717) is 0 Å². The van der Waals surface area contributed by atoms with Crippen LogP contribution in [0.15, 0.2) is 72.0 Å². The molecule has 0 unspecified atom stereocenters. The van der Waals surface area contributed by atoms with E-state index in [1.807, 2.05) is 60.7 Å². The number of hydrogen-bond donors (Lipinski definition) is 0. The molecule has 0 bridgehead atoms. The predicted octanol–water partition coefficient (Wildman–Crippen LogP) is 14.3. The Labute approximate surface area is 362 Å². The van der Waals surface area contributed by atoms with E-state index in [1.54, 1.807) is 0 Å². The predicted molar refractivity (Wildman–Crippen MR) is 252 cm³/mol. The van der Waals surface area contributed by atoms with Crippen LogP contribution < -0.4 is 0 Å². The van der Waals surface area contributed by atoms with Crippen LogP contribution in [0.3, 0.4) is 0 Å². The molecule has 1 heterocycles. The van der Waals surface area contributed by atoms with Crippen molar-refractivity contribution >= 4 is 40.9 Å². The first-order valence-electron chi connectivity index (χ1n) is 21.3. The van der Waals surface area contributed by atoms with Crippen LogP contribution in [-0.2, 0) is 49.3 Å². The Bertz CT molecular complexity index is 1700. The Balaban J connectivity index is 2.40. The first-order chi connectivity index (χ1) is 26.6. The molecular formula is C45H80FO8PSi4. The number of hydrogen-bond acceptors (Lipinski definition) is 8. The lowest BCUT2D eigenvalue weighted by molar-refractivity contribution is -0.0498. The number of benzene rings is 2. The third-order valence-electron chi connectivity index (χ3n) is 13.6. The van der Waals surface area contributed by atoms with Crippen molar-refractivity contribution in [3.8, 4) is 0 Å². The average molecular weight is 911 g/mol. The smallest absolute Gasteiger partial charge is 0.393 e. The van der Waals surface area contributed by atoms with Gasteiger partial charge in [0.15, 0.2) is 45.1 Å². The SMILES string of the molecule is CC(C)(C)[Si](C)(C)OC[C@@H](O[Si](C)(C)C(C)(C)C)[C@@H]1O/C(=C(/F)P(=O)(OCc2ccccc2)OCc2ccccc2)[C@H](O[Si](C)(C)C(C)(C)C)[C@H]1O[Si](C)(C)C(C)(C)C. The minimum Gasteiger partial charge on any atom is -0.483 e. The zero-order chi connectivity index (χ0) is 45.3. The zero-order valence-corrected chi connectivity index (χ0v) is 45.2. The summed E-state index contributed by atoms with van der Waals surface area (Å²) in [4.78, 5) is 0. The van der Waals surface area contributed by atoms with Gasteiger partial charge in [-0.05, 0) is 83.7 Å². The van der Waals surface area contributed by atoms with Crippen LogP contribution >= 0.6 is 7.60 Å². The molecule has 0 radical (unpaired) electrons. The van der Waals surface area contributed by atoms with Crippen LogP contribution in [-0.4, -0.2) is 64.3 Å². The molecule has 3 rings (SSSR count). The van der Waals surface area contributed by atoms with E-state index in [0.717, 1.165) is 11.1 Å². The summed E-state index contributed by atoms with van der Waals surface area (Å²) in [7, 11) is -14.9. The molecule has 0 amide bonds. The van der Waals surface area contributed by atoms with Crippen molar-refractivity contribution in [2.45, 2.75) is 193 Å². The minimum atomic E-state index is -4.71. The second-order valence-corrected chi connectivity index (χ2v) is 43.4. The standard InChI is InChI=1S/C45H80FO8PSi4/c1-42(2,3)56(13,14)50-33-36(52-57(15,16)43(4,5)6)37-38(53-58(17,18)44(7,8)9)39(54-59(19,20)45(10,11)12)40(51-37)41(46)55(47,48-31-34-27-23-21-24-28-34)49-32-35-29-25-22-26-30-35/h21-30,36-39H,31-33H2,1-20H3/b41-40-/t36-,37+,38+,39-/m1/s1. The molecule has 8 nitrogen and oxygen atoms in total. The molecule has 0 N–H and O–H groups in total. The molecule has 4 atom stereocenters. The maximum atomic E-state index is 18.1. The fourth-order valence-corrected chi connectivity index (χ4v) is 11.6. The Kier molecular flexibility index (Phi) is 16.7. The van der Waals surface area contributed by atoms with E-state index in [9.17, 15) is 0 Å². The molecule has 0 aromatic heterocycles. The van der Waals surface area contributed by atoms with Gasteiger partial charge in [-0.25, -0.2) is 0 Å². The van der Waals surface area contributed by atoms with Gasteiger partial charge in [0, 0.05) is 0 Å². The summed E-state index contributed by atoms with van der Waals surface area (Å²) in [6.07, 6.45) is -3.47. The van der Waals surface area contributed by atoms with Crippen molar-refractivity contribution in [2.75, 3.05) is 6.61 Å². The Morgan fingerprint density at radius 1 is 0.627 bits per heavy atom. The van der Waals surface area contributed by atoms with Crippen LogP contribution in [0.5, 0.6) is 0 Å². The molecule has 0 spiro atoms. The van der Waals surface area contributed by atoms with Crippen molar-refractivity contribution in [2.24, 2.45) is 0 Å². The molecule has 2 aromatic carbocycles. The summed E-state index contributed by atoms with van der Waals surface area (Å²) in [6, 6.07) is 18.5. The molecule has 0 aliphatic carbocycles.